The molecule has 1 N–H and O–H groups in total. The summed E-state index contributed by atoms with van der Waals surface area (Å²) in [5.41, 5.74) is 0.0329. The summed E-state index contributed by atoms with van der Waals surface area (Å²) in [4.78, 5) is 0. The minimum Gasteiger partial charge on any atom is -0.488 e. The lowest BCUT2D eigenvalue weighted by Gasteiger charge is -2.31. The Hall–Kier alpha value is -1.20. The zero-order valence-electron chi connectivity index (χ0n) is 14.6. The summed E-state index contributed by atoms with van der Waals surface area (Å²) in [6.07, 6.45) is 5.24. The number of ether oxygens (including phenoxy) is 2. The lowest BCUT2D eigenvalue weighted by molar-refractivity contribution is 0.0685. The Balaban J connectivity index is 2.02. The average molecular weight is 342 g/mol. The monoisotopic (exact) mass is 342 g/mol. The molecular weight excluding hydrogens is 314 g/mol. The molecule has 2 rings (SSSR count). The highest BCUT2D eigenvalue weighted by Gasteiger charge is 2.30. The maximum absolute atomic E-state index is 14.3. The van der Waals surface area contributed by atoms with Gasteiger partial charge in [0.05, 0.1) is 12.7 Å². The summed E-state index contributed by atoms with van der Waals surface area (Å²) in [5, 5.41) is 10.5. The van der Waals surface area contributed by atoms with E-state index in [2.05, 4.69) is 6.92 Å². The molecule has 1 saturated carbocycles. The third-order valence-corrected chi connectivity index (χ3v) is 4.98. The number of rotatable bonds is 8. The van der Waals surface area contributed by atoms with Crippen molar-refractivity contribution < 1.29 is 23.4 Å². The van der Waals surface area contributed by atoms with E-state index in [1.807, 2.05) is 0 Å². The van der Waals surface area contributed by atoms with Gasteiger partial charge in [-0.1, -0.05) is 32.6 Å². The lowest BCUT2D eigenvalue weighted by Crippen LogP contribution is -2.21. The predicted octanol–water partition coefficient (Wildman–Crippen LogP) is 4.63. The molecule has 5 heteroatoms. The Labute approximate surface area is 143 Å². The number of hydrogen-bond donors (Lipinski definition) is 1. The molecule has 0 aliphatic heterocycles. The summed E-state index contributed by atoms with van der Waals surface area (Å²) >= 11 is 0. The van der Waals surface area contributed by atoms with Crippen molar-refractivity contribution in [2.45, 2.75) is 51.6 Å². The van der Waals surface area contributed by atoms with Crippen LogP contribution in [0.3, 0.4) is 0 Å². The molecule has 0 spiro atoms. The third-order valence-electron chi connectivity index (χ3n) is 4.98. The second-order valence-electron chi connectivity index (χ2n) is 6.64. The smallest absolute Gasteiger partial charge is 0.200 e. The first-order valence-corrected chi connectivity index (χ1v) is 8.86. The number of halogens is 2. The molecule has 0 aromatic heterocycles. The normalized spacial score (nSPS) is 22.4. The second-order valence-corrected chi connectivity index (χ2v) is 6.64. The number of benzene rings is 1. The van der Waals surface area contributed by atoms with Crippen LogP contribution in [0.5, 0.6) is 5.75 Å². The molecule has 1 fully saturated rings. The molecule has 1 aromatic rings. The molecule has 136 valence electrons. The van der Waals surface area contributed by atoms with Gasteiger partial charge in [0.25, 0.3) is 0 Å². The van der Waals surface area contributed by atoms with Gasteiger partial charge in [0.2, 0.25) is 5.82 Å². The molecule has 1 unspecified atom stereocenters. The Morgan fingerprint density at radius 3 is 2.46 bits per heavy atom. The lowest BCUT2D eigenvalue weighted by atomic mass is 9.76. The van der Waals surface area contributed by atoms with Gasteiger partial charge < -0.3 is 14.6 Å². The molecule has 1 aliphatic rings. The number of methoxy groups -OCH3 is 1. The Bertz CT molecular complexity index is 514. The SMILES string of the molecule is CCCC1CCC(C(O)c2ccc(OCCOC)c(F)c2F)CC1. The molecule has 1 aliphatic carbocycles. The standard InChI is InChI=1S/C19H28F2O3/c1-3-4-13-5-7-14(8-6-13)19(22)15-9-10-16(18(21)17(15)20)24-12-11-23-2/h9-10,13-14,19,22H,3-8,11-12H2,1-2H3. The van der Waals surface area contributed by atoms with Crippen LogP contribution in [0.15, 0.2) is 12.1 Å². The first-order valence-electron chi connectivity index (χ1n) is 8.86. The van der Waals surface area contributed by atoms with E-state index in [0.29, 0.717) is 12.5 Å². The van der Waals surface area contributed by atoms with Crippen LogP contribution >= 0.6 is 0 Å². The molecule has 3 nitrogen and oxygen atoms in total. The summed E-state index contributed by atoms with van der Waals surface area (Å²) in [5.74, 6) is -1.49. The maximum Gasteiger partial charge on any atom is 0.200 e. The Morgan fingerprint density at radius 1 is 1.12 bits per heavy atom. The fourth-order valence-corrected chi connectivity index (χ4v) is 3.58. The highest BCUT2D eigenvalue weighted by Crippen LogP contribution is 2.40. The molecule has 1 atom stereocenters. The molecule has 0 amide bonds. The fourth-order valence-electron chi connectivity index (χ4n) is 3.58. The van der Waals surface area contributed by atoms with Crippen LogP contribution in [0, 0.1) is 23.5 Å². The van der Waals surface area contributed by atoms with E-state index < -0.39 is 17.7 Å². The predicted molar refractivity (Wildman–Crippen MR) is 89.0 cm³/mol. The number of hydrogen-bond acceptors (Lipinski definition) is 3. The number of aliphatic hydroxyl groups is 1. The molecule has 0 heterocycles. The van der Waals surface area contributed by atoms with Crippen molar-refractivity contribution >= 4 is 0 Å². The molecule has 0 bridgehead atoms. The van der Waals surface area contributed by atoms with Crippen LogP contribution in [0.2, 0.25) is 0 Å². The second kappa shape index (κ2) is 9.33. The number of aliphatic hydroxyl groups excluding tert-OH is 1. The van der Waals surface area contributed by atoms with Crippen molar-refractivity contribution in [1.29, 1.82) is 0 Å². The van der Waals surface area contributed by atoms with E-state index in [9.17, 15) is 13.9 Å². The van der Waals surface area contributed by atoms with Crippen molar-refractivity contribution in [3.63, 3.8) is 0 Å². The Kier molecular flexibility index (Phi) is 7.43. The maximum atomic E-state index is 14.3. The van der Waals surface area contributed by atoms with Crippen LogP contribution < -0.4 is 4.74 Å². The van der Waals surface area contributed by atoms with Crippen LogP contribution in [0.1, 0.15) is 57.1 Å². The van der Waals surface area contributed by atoms with Crippen LogP contribution in [-0.2, 0) is 4.74 Å². The topological polar surface area (TPSA) is 38.7 Å². The van der Waals surface area contributed by atoms with Crippen molar-refractivity contribution in [2.24, 2.45) is 11.8 Å². The average Bonchev–Trinajstić information content (AvgIpc) is 2.59. The van der Waals surface area contributed by atoms with Gasteiger partial charge in [-0.15, -0.1) is 0 Å². The van der Waals surface area contributed by atoms with Gasteiger partial charge in [0, 0.05) is 12.7 Å². The summed E-state index contributed by atoms with van der Waals surface area (Å²) in [7, 11) is 1.51. The zero-order chi connectivity index (χ0) is 17.5. The highest BCUT2D eigenvalue weighted by molar-refractivity contribution is 5.32. The summed E-state index contributed by atoms with van der Waals surface area (Å²) < 4.78 is 38.4. The molecular formula is C19H28F2O3. The summed E-state index contributed by atoms with van der Waals surface area (Å²) in [6, 6.07) is 2.82. The molecule has 0 saturated heterocycles. The molecule has 0 radical (unpaired) electrons. The summed E-state index contributed by atoms with van der Waals surface area (Å²) in [6.45, 7) is 2.62. The van der Waals surface area contributed by atoms with Gasteiger partial charge in [0.15, 0.2) is 11.6 Å². The van der Waals surface area contributed by atoms with Crippen LogP contribution in [0.4, 0.5) is 8.78 Å². The van der Waals surface area contributed by atoms with Crippen molar-refractivity contribution in [2.75, 3.05) is 20.3 Å². The zero-order valence-corrected chi connectivity index (χ0v) is 14.6. The largest absolute Gasteiger partial charge is 0.488 e. The Morgan fingerprint density at radius 2 is 1.83 bits per heavy atom. The van der Waals surface area contributed by atoms with Gasteiger partial charge in [-0.2, -0.15) is 4.39 Å². The van der Waals surface area contributed by atoms with Gasteiger partial charge >= 0.3 is 0 Å². The minimum atomic E-state index is -1.04. The first-order chi connectivity index (χ1) is 11.6. The van der Waals surface area contributed by atoms with Gasteiger partial charge in [-0.3, -0.25) is 0 Å². The molecule has 1 aromatic carbocycles. The van der Waals surface area contributed by atoms with Crippen LogP contribution in [0.25, 0.3) is 0 Å². The minimum absolute atomic E-state index is 0.00716. The van der Waals surface area contributed by atoms with E-state index in [-0.39, 0.29) is 23.8 Å². The third kappa shape index (κ3) is 4.67. The van der Waals surface area contributed by atoms with Crippen molar-refractivity contribution in [3.8, 4) is 5.75 Å². The first kappa shape index (κ1) is 19.1. The van der Waals surface area contributed by atoms with E-state index >= 15 is 0 Å². The van der Waals surface area contributed by atoms with Crippen molar-refractivity contribution in [3.05, 3.63) is 29.3 Å². The van der Waals surface area contributed by atoms with E-state index in [0.717, 1.165) is 25.7 Å². The highest BCUT2D eigenvalue weighted by atomic mass is 19.2. The van der Waals surface area contributed by atoms with E-state index in [4.69, 9.17) is 9.47 Å². The van der Waals surface area contributed by atoms with Crippen molar-refractivity contribution in [1.82, 2.24) is 0 Å². The van der Waals surface area contributed by atoms with E-state index in [1.54, 1.807) is 0 Å². The van der Waals surface area contributed by atoms with Gasteiger partial charge in [-0.25, -0.2) is 4.39 Å². The van der Waals surface area contributed by atoms with E-state index in [1.165, 1.54) is 32.1 Å². The van der Waals surface area contributed by atoms with Gasteiger partial charge in [0.1, 0.15) is 6.61 Å². The fraction of sp³-hybridized carbons (Fsp3) is 0.684. The van der Waals surface area contributed by atoms with Crippen LogP contribution in [-0.4, -0.2) is 25.4 Å². The molecule has 24 heavy (non-hydrogen) atoms. The quantitative estimate of drug-likeness (QED) is 0.700. The van der Waals surface area contributed by atoms with Gasteiger partial charge in [-0.05, 0) is 36.8 Å².